The molecule has 0 bridgehead atoms. The van der Waals surface area contributed by atoms with Gasteiger partial charge in [-0.05, 0) is 56.3 Å². The maximum absolute atomic E-state index is 6.17. The van der Waals surface area contributed by atoms with Crippen molar-refractivity contribution in [3.8, 4) is 27.5 Å². The number of nitrogens with zero attached hydrogens (tertiary/aromatic N) is 3. The third-order valence-electron chi connectivity index (χ3n) is 5.12. The minimum Gasteiger partial charge on any atom is -0.492 e. The zero-order valence-corrected chi connectivity index (χ0v) is 16.3. The van der Waals surface area contributed by atoms with Crippen molar-refractivity contribution in [1.82, 2.24) is 14.9 Å². The van der Waals surface area contributed by atoms with Gasteiger partial charge in [-0.15, -0.1) is 11.3 Å². The average molecular weight is 391 g/mol. The summed E-state index contributed by atoms with van der Waals surface area (Å²) in [5, 5.41) is 0. The highest BCUT2D eigenvalue weighted by atomic mass is 32.1. The number of furan rings is 1. The molecule has 0 amide bonds. The van der Waals surface area contributed by atoms with Crippen LogP contribution in [-0.2, 0) is 0 Å². The molecule has 0 aliphatic carbocycles. The number of aromatic nitrogens is 2. The number of likely N-dealkylation sites (tertiary alicyclic amines) is 1. The predicted octanol–water partition coefficient (Wildman–Crippen LogP) is 5.09. The van der Waals surface area contributed by atoms with Gasteiger partial charge in [-0.25, -0.2) is 0 Å². The molecule has 0 unspecified atom stereocenters. The van der Waals surface area contributed by atoms with Crippen molar-refractivity contribution in [2.75, 3.05) is 26.2 Å². The molecule has 1 fully saturated rings. The first-order valence-electron chi connectivity index (χ1n) is 9.60. The lowest BCUT2D eigenvalue weighted by atomic mass is 10.1. The quantitative estimate of drug-likeness (QED) is 0.458. The standard InChI is InChI=1S/C22H21N3O2S/c1-2-10-25(9-1)11-12-26-17-5-3-16(4-6-17)20-13-19-22(27-20)18(7-8-24-19)21-14-23-15-28-21/h3-8,13-15H,1-2,9-12H2. The Morgan fingerprint density at radius 1 is 1.11 bits per heavy atom. The van der Waals surface area contributed by atoms with E-state index in [1.807, 2.05) is 54.3 Å². The second kappa shape index (κ2) is 7.73. The monoisotopic (exact) mass is 391 g/mol. The van der Waals surface area contributed by atoms with Crippen LogP contribution in [0.4, 0.5) is 0 Å². The van der Waals surface area contributed by atoms with Gasteiger partial charge in [0.05, 0.1) is 10.4 Å². The summed E-state index contributed by atoms with van der Waals surface area (Å²) in [6.45, 7) is 4.13. The second-order valence-corrected chi connectivity index (χ2v) is 7.86. The first kappa shape index (κ1) is 17.4. The number of thiazole rings is 1. The van der Waals surface area contributed by atoms with Crippen LogP contribution in [-0.4, -0.2) is 41.1 Å². The molecule has 0 atom stereocenters. The van der Waals surface area contributed by atoms with Gasteiger partial charge in [0, 0.05) is 36.1 Å². The molecule has 0 spiro atoms. The normalized spacial score (nSPS) is 14.7. The van der Waals surface area contributed by atoms with Gasteiger partial charge >= 0.3 is 0 Å². The summed E-state index contributed by atoms with van der Waals surface area (Å²) in [7, 11) is 0. The van der Waals surface area contributed by atoms with E-state index in [4.69, 9.17) is 9.15 Å². The maximum atomic E-state index is 6.17. The fraction of sp³-hybridized carbons (Fsp3) is 0.273. The van der Waals surface area contributed by atoms with E-state index < -0.39 is 0 Å². The summed E-state index contributed by atoms with van der Waals surface area (Å²) in [5.41, 5.74) is 5.52. The fourth-order valence-corrected chi connectivity index (χ4v) is 4.28. The number of benzene rings is 1. The lowest BCUT2D eigenvalue weighted by molar-refractivity contribution is 0.238. The van der Waals surface area contributed by atoms with Crippen LogP contribution in [0.5, 0.6) is 5.75 Å². The van der Waals surface area contributed by atoms with Crippen LogP contribution in [0.3, 0.4) is 0 Å². The van der Waals surface area contributed by atoms with Crippen molar-refractivity contribution in [3.63, 3.8) is 0 Å². The highest BCUT2D eigenvalue weighted by molar-refractivity contribution is 7.13. The molecule has 6 heteroatoms. The van der Waals surface area contributed by atoms with E-state index in [9.17, 15) is 0 Å². The minimum absolute atomic E-state index is 0.728. The van der Waals surface area contributed by atoms with E-state index in [1.54, 1.807) is 11.3 Å². The Hall–Kier alpha value is -2.70. The van der Waals surface area contributed by atoms with Gasteiger partial charge < -0.3 is 9.15 Å². The van der Waals surface area contributed by atoms with Crippen molar-refractivity contribution in [1.29, 1.82) is 0 Å². The maximum Gasteiger partial charge on any atom is 0.161 e. The first-order chi connectivity index (χ1) is 13.9. The third kappa shape index (κ3) is 3.53. The molecule has 5 nitrogen and oxygen atoms in total. The van der Waals surface area contributed by atoms with Crippen LogP contribution in [0.2, 0.25) is 0 Å². The SMILES string of the molecule is c1cc(-c2cncs2)c2oc(-c3ccc(OCCN4CCCC4)cc3)cc2n1. The van der Waals surface area contributed by atoms with Crippen LogP contribution in [0.25, 0.3) is 32.9 Å². The summed E-state index contributed by atoms with van der Waals surface area (Å²) in [4.78, 5) is 12.2. The number of rotatable bonds is 6. The van der Waals surface area contributed by atoms with Crippen molar-refractivity contribution < 1.29 is 9.15 Å². The Bertz CT molecular complexity index is 1050. The number of pyridine rings is 1. The Morgan fingerprint density at radius 3 is 2.75 bits per heavy atom. The lowest BCUT2D eigenvalue weighted by Crippen LogP contribution is -2.25. The van der Waals surface area contributed by atoms with E-state index in [-0.39, 0.29) is 0 Å². The van der Waals surface area contributed by atoms with Crippen LogP contribution in [0.1, 0.15) is 12.8 Å². The molecule has 0 radical (unpaired) electrons. The lowest BCUT2D eigenvalue weighted by Gasteiger charge is -2.14. The molecule has 1 aliphatic rings. The summed E-state index contributed by atoms with van der Waals surface area (Å²) < 4.78 is 12.1. The molecular formula is C22H21N3O2S. The minimum atomic E-state index is 0.728. The largest absolute Gasteiger partial charge is 0.492 e. The van der Waals surface area contributed by atoms with E-state index in [1.165, 1.54) is 25.9 Å². The molecule has 5 rings (SSSR count). The molecule has 28 heavy (non-hydrogen) atoms. The molecule has 142 valence electrons. The van der Waals surface area contributed by atoms with Gasteiger partial charge in [-0.1, -0.05) is 0 Å². The van der Waals surface area contributed by atoms with E-state index in [0.29, 0.717) is 0 Å². The number of hydrogen-bond donors (Lipinski definition) is 0. The summed E-state index contributed by atoms with van der Waals surface area (Å²) in [6.07, 6.45) is 6.29. The summed E-state index contributed by atoms with van der Waals surface area (Å²) in [5.74, 6) is 1.70. The van der Waals surface area contributed by atoms with Crippen molar-refractivity contribution in [2.24, 2.45) is 0 Å². The van der Waals surface area contributed by atoms with Crippen LogP contribution in [0, 0.1) is 0 Å². The molecule has 4 heterocycles. The Morgan fingerprint density at radius 2 is 1.96 bits per heavy atom. The predicted molar refractivity (Wildman–Crippen MR) is 112 cm³/mol. The molecule has 0 N–H and O–H groups in total. The van der Waals surface area contributed by atoms with Crippen LogP contribution in [0.15, 0.2) is 58.7 Å². The van der Waals surface area contributed by atoms with Gasteiger partial charge in [0.2, 0.25) is 0 Å². The topological polar surface area (TPSA) is 51.4 Å². The Labute approximate surface area is 167 Å². The van der Waals surface area contributed by atoms with Crippen molar-refractivity contribution >= 4 is 22.4 Å². The summed E-state index contributed by atoms with van der Waals surface area (Å²) >= 11 is 1.60. The second-order valence-electron chi connectivity index (χ2n) is 6.97. The zero-order chi connectivity index (χ0) is 18.8. The van der Waals surface area contributed by atoms with Gasteiger partial charge in [0.1, 0.15) is 23.6 Å². The first-order valence-corrected chi connectivity index (χ1v) is 10.5. The van der Waals surface area contributed by atoms with Crippen molar-refractivity contribution in [3.05, 3.63) is 54.3 Å². The molecular weight excluding hydrogens is 370 g/mol. The number of ether oxygens (including phenoxy) is 1. The van der Waals surface area contributed by atoms with Gasteiger partial charge in [-0.2, -0.15) is 0 Å². The van der Waals surface area contributed by atoms with Crippen LogP contribution >= 0.6 is 11.3 Å². The number of hydrogen-bond acceptors (Lipinski definition) is 6. The smallest absolute Gasteiger partial charge is 0.161 e. The van der Waals surface area contributed by atoms with Crippen molar-refractivity contribution in [2.45, 2.75) is 12.8 Å². The summed E-state index contributed by atoms with van der Waals surface area (Å²) in [6, 6.07) is 12.0. The van der Waals surface area contributed by atoms with E-state index >= 15 is 0 Å². The fourth-order valence-electron chi connectivity index (χ4n) is 3.64. The molecule has 4 aromatic rings. The van der Waals surface area contributed by atoms with E-state index in [2.05, 4.69) is 14.9 Å². The van der Waals surface area contributed by atoms with Gasteiger partial charge in [-0.3, -0.25) is 14.9 Å². The number of fused-ring (bicyclic) bond motifs is 1. The third-order valence-corrected chi connectivity index (χ3v) is 5.93. The molecule has 1 saturated heterocycles. The zero-order valence-electron chi connectivity index (χ0n) is 15.5. The highest BCUT2D eigenvalue weighted by Crippen LogP contribution is 2.35. The van der Waals surface area contributed by atoms with E-state index in [0.717, 1.165) is 51.8 Å². The molecule has 1 aromatic carbocycles. The highest BCUT2D eigenvalue weighted by Gasteiger charge is 2.14. The van der Waals surface area contributed by atoms with Gasteiger partial charge in [0.15, 0.2) is 5.58 Å². The van der Waals surface area contributed by atoms with Gasteiger partial charge in [0.25, 0.3) is 0 Å². The Balaban J connectivity index is 1.33. The van der Waals surface area contributed by atoms with Crippen LogP contribution < -0.4 is 4.74 Å². The average Bonchev–Trinajstić information content (AvgIpc) is 3.49. The Kier molecular flexibility index (Phi) is 4.81. The molecule has 0 saturated carbocycles. The molecule has 3 aromatic heterocycles. The molecule has 1 aliphatic heterocycles.